The Hall–Kier alpha value is -1.05. The van der Waals surface area contributed by atoms with Gasteiger partial charge in [0.1, 0.15) is 22.1 Å². The summed E-state index contributed by atoms with van der Waals surface area (Å²) < 4.78 is 0.693. The van der Waals surface area contributed by atoms with Gasteiger partial charge >= 0.3 is 51.4 Å². The zero-order chi connectivity index (χ0) is 23.0. The molecular formula is C16H14KN7O5S4. The van der Waals surface area contributed by atoms with Crippen molar-refractivity contribution in [3.63, 3.8) is 0 Å². The van der Waals surface area contributed by atoms with Crippen LogP contribution in [-0.2, 0) is 14.4 Å². The van der Waals surface area contributed by atoms with Gasteiger partial charge in [0.2, 0.25) is 0 Å². The van der Waals surface area contributed by atoms with Gasteiger partial charge in [0.25, 0.3) is 11.8 Å². The van der Waals surface area contributed by atoms with E-state index in [4.69, 9.17) is 5.73 Å². The molecule has 168 valence electrons. The van der Waals surface area contributed by atoms with Crippen molar-refractivity contribution < 1.29 is 76.1 Å². The summed E-state index contributed by atoms with van der Waals surface area (Å²) in [5, 5.41) is 36.2. The number of carboxylic acid groups (broad SMARTS) is 1. The van der Waals surface area contributed by atoms with E-state index in [9.17, 15) is 24.7 Å². The summed E-state index contributed by atoms with van der Waals surface area (Å²) in [5.74, 6) is -2.25. The first-order chi connectivity index (χ1) is 15.3. The van der Waals surface area contributed by atoms with Gasteiger partial charge in [-0.25, -0.2) is 4.98 Å². The van der Waals surface area contributed by atoms with Crippen LogP contribution in [0.2, 0.25) is 0 Å². The first-order valence-electron chi connectivity index (χ1n) is 8.85. The van der Waals surface area contributed by atoms with Gasteiger partial charge in [-0.05, 0) is 12.5 Å². The number of nitrogens with zero attached hydrogens (tertiary/aromatic N) is 5. The van der Waals surface area contributed by atoms with Crippen molar-refractivity contribution in [2.75, 3.05) is 17.2 Å². The third-order valence-corrected chi connectivity index (χ3v) is 8.56. The molecule has 1 fully saturated rings. The molecule has 0 aliphatic carbocycles. The summed E-state index contributed by atoms with van der Waals surface area (Å²) in [4.78, 5) is 42.1. The van der Waals surface area contributed by atoms with Crippen molar-refractivity contribution >= 4 is 74.8 Å². The molecule has 0 spiro atoms. The maximum absolute atomic E-state index is 12.7. The standard InChI is InChI=1S/C16H15N7O5S4.K/c1-5-20-21-16(32-5)31-3-6-2-29-13-9(12(25)23(13)10(6)14(26)27)19-11(24)8(22-28)7-4-30-15(17)18-7;/h4,9,13,28H,2-3H2,1H3,(H2,17,18)(H,19,24)(H,26,27);/q;+1/p-1/b22-8-;/t9-,13-;/m1./s1. The quantitative estimate of drug-likeness (QED) is 0.0766. The summed E-state index contributed by atoms with van der Waals surface area (Å²) in [5.41, 5.74) is 5.54. The van der Waals surface area contributed by atoms with E-state index in [0.29, 0.717) is 21.4 Å². The topological polar surface area (TPSA) is 187 Å². The first kappa shape index (κ1) is 26.5. The SMILES string of the molecule is Cc1nnc(SCC2=C(C(=O)[O-])N3C(=O)[C@@H](NC(=O)/C(=N\O)c4csc(N)n4)[C@H]3SC2)s1.[K+]. The molecule has 0 unspecified atom stereocenters. The van der Waals surface area contributed by atoms with Crippen LogP contribution in [0.25, 0.3) is 0 Å². The van der Waals surface area contributed by atoms with E-state index < -0.39 is 34.9 Å². The summed E-state index contributed by atoms with van der Waals surface area (Å²) >= 11 is 5.09. The molecule has 0 bridgehead atoms. The van der Waals surface area contributed by atoms with Gasteiger partial charge in [0.15, 0.2) is 15.2 Å². The van der Waals surface area contributed by atoms with Crippen LogP contribution in [0.15, 0.2) is 26.1 Å². The number of anilines is 1. The van der Waals surface area contributed by atoms with Gasteiger partial charge in [-0.1, -0.05) is 28.3 Å². The molecule has 4 rings (SSSR count). The monoisotopic (exact) mass is 551 g/mol. The molecule has 2 aliphatic rings. The zero-order valence-electron chi connectivity index (χ0n) is 17.2. The van der Waals surface area contributed by atoms with Crippen molar-refractivity contribution in [2.24, 2.45) is 5.16 Å². The molecule has 2 aromatic heterocycles. The number of nitrogens with one attached hydrogen (secondary N) is 1. The van der Waals surface area contributed by atoms with Crippen molar-refractivity contribution in [1.29, 1.82) is 0 Å². The fourth-order valence-electron chi connectivity index (χ4n) is 3.09. The third kappa shape index (κ3) is 5.45. The van der Waals surface area contributed by atoms with Crippen molar-refractivity contribution in [3.05, 3.63) is 27.4 Å². The van der Waals surface area contributed by atoms with Gasteiger partial charge < -0.3 is 26.2 Å². The summed E-state index contributed by atoms with van der Waals surface area (Å²) in [6, 6.07) is -0.991. The van der Waals surface area contributed by atoms with Gasteiger partial charge in [0.05, 0.1) is 11.7 Å². The Balaban J connectivity index is 0.00000306. The normalized spacial score (nSPS) is 20.1. The Bertz CT molecular complexity index is 1170. The second-order valence-electron chi connectivity index (χ2n) is 6.50. The first-order valence-corrected chi connectivity index (χ1v) is 12.6. The number of thiazole rings is 1. The van der Waals surface area contributed by atoms with E-state index in [1.54, 1.807) is 0 Å². The second-order valence-corrected chi connectivity index (χ2v) is 10.9. The number of carbonyl (C=O) groups excluding carboxylic acids is 3. The molecule has 2 atom stereocenters. The zero-order valence-corrected chi connectivity index (χ0v) is 23.6. The Morgan fingerprint density at radius 2 is 2.21 bits per heavy atom. The second kappa shape index (κ2) is 11.1. The van der Waals surface area contributed by atoms with Crippen molar-refractivity contribution in [1.82, 2.24) is 25.4 Å². The third-order valence-electron chi connectivity index (χ3n) is 4.48. The molecule has 17 heteroatoms. The van der Waals surface area contributed by atoms with E-state index in [0.717, 1.165) is 21.2 Å². The molecule has 2 aliphatic heterocycles. The number of carbonyl (C=O) groups is 3. The van der Waals surface area contributed by atoms with Crippen LogP contribution in [0.4, 0.5) is 5.13 Å². The molecule has 12 nitrogen and oxygen atoms in total. The number of hydrogen-bond donors (Lipinski definition) is 3. The minimum atomic E-state index is -1.46. The van der Waals surface area contributed by atoms with E-state index in [-0.39, 0.29) is 67.9 Å². The molecule has 0 radical (unpaired) electrons. The van der Waals surface area contributed by atoms with E-state index in [2.05, 4.69) is 25.7 Å². The summed E-state index contributed by atoms with van der Waals surface area (Å²) in [7, 11) is 0. The minimum Gasteiger partial charge on any atom is -0.543 e. The molecule has 4 heterocycles. The van der Waals surface area contributed by atoms with Crippen LogP contribution in [0.1, 0.15) is 10.7 Å². The molecular weight excluding hydrogens is 538 g/mol. The molecule has 2 amide bonds. The molecule has 0 aromatic carbocycles. The number of aliphatic carboxylic acids is 1. The number of rotatable bonds is 7. The Kier molecular flexibility index (Phi) is 8.95. The number of amides is 2. The Morgan fingerprint density at radius 1 is 1.45 bits per heavy atom. The van der Waals surface area contributed by atoms with E-state index in [1.165, 1.54) is 40.2 Å². The molecule has 1 saturated heterocycles. The van der Waals surface area contributed by atoms with Crippen molar-refractivity contribution in [2.45, 2.75) is 22.7 Å². The number of nitrogens with two attached hydrogens (primary N) is 1. The Labute approximate surface area is 245 Å². The van der Waals surface area contributed by atoms with Gasteiger partial charge in [0, 0.05) is 16.9 Å². The average molecular weight is 552 g/mol. The molecule has 33 heavy (non-hydrogen) atoms. The van der Waals surface area contributed by atoms with Crippen LogP contribution in [-0.4, -0.2) is 71.7 Å². The van der Waals surface area contributed by atoms with Crippen LogP contribution in [0.3, 0.4) is 0 Å². The average Bonchev–Trinajstić information content (AvgIpc) is 3.38. The maximum atomic E-state index is 12.7. The van der Waals surface area contributed by atoms with Gasteiger partial charge in [-0.2, -0.15) is 0 Å². The van der Waals surface area contributed by atoms with E-state index in [1.807, 2.05) is 6.92 Å². The fraction of sp³-hybridized carbons (Fsp3) is 0.312. The number of carboxylic acids is 1. The summed E-state index contributed by atoms with van der Waals surface area (Å²) in [6.07, 6.45) is 0. The number of fused-ring (bicyclic) bond motifs is 1. The van der Waals surface area contributed by atoms with Gasteiger partial charge in [-0.15, -0.1) is 33.3 Å². The smallest absolute Gasteiger partial charge is 0.543 e. The predicted molar refractivity (Wildman–Crippen MR) is 117 cm³/mol. The molecule has 2 aromatic rings. The Morgan fingerprint density at radius 3 is 2.79 bits per heavy atom. The van der Waals surface area contributed by atoms with Crippen LogP contribution in [0, 0.1) is 6.92 Å². The molecule has 4 N–H and O–H groups in total. The van der Waals surface area contributed by atoms with Crippen LogP contribution < -0.4 is 67.5 Å². The summed E-state index contributed by atoms with van der Waals surface area (Å²) in [6.45, 7) is 1.82. The van der Waals surface area contributed by atoms with Crippen LogP contribution in [0.5, 0.6) is 0 Å². The predicted octanol–water partition coefficient (Wildman–Crippen LogP) is -3.74. The maximum Gasteiger partial charge on any atom is 1.00 e. The minimum absolute atomic E-state index is 0. The number of thioether (sulfide) groups is 2. The largest absolute Gasteiger partial charge is 1.00 e. The number of β-lactam (4-membered cyclic amide) rings is 1. The van der Waals surface area contributed by atoms with E-state index >= 15 is 0 Å². The number of hydrogen-bond acceptors (Lipinski definition) is 14. The van der Waals surface area contributed by atoms with Gasteiger partial charge in [-0.3, -0.25) is 14.5 Å². The number of aromatic nitrogens is 3. The fourth-order valence-corrected chi connectivity index (χ4v) is 6.94. The number of nitrogen functional groups attached to an aromatic ring is 1. The number of aryl methyl sites for hydroxylation is 1. The number of oxime groups is 1. The molecule has 0 saturated carbocycles. The van der Waals surface area contributed by atoms with Crippen LogP contribution >= 0.6 is 46.2 Å². The van der Waals surface area contributed by atoms with Crippen molar-refractivity contribution in [3.8, 4) is 0 Å².